The predicted molar refractivity (Wildman–Crippen MR) is 77.3 cm³/mol. The highest BCUT2D eigenvalue weighted by atomic mass is 35.5. The van der Waals surface area contributed by atoms with Crippen LogP contribution >= 0.6 is 11.6 Å². The average Bonchev–Trinajstić information content (AvgIpc) is 2.31. The van der Waals surface area contributed by atoms with Gasteiger partial charge in [-0.3, -0.25) is 0 Å². The quantitative estimate of drug-likeness (QED) is 0.745. The molecular weight excluding hydrogens is 264 g/mol. The average molecular weight is 281 g/mol. The van der Waals surface area contributed by atoms with Crippen molar-refractivity contribution in [3.05, 3.63) is 28.8 Å². The zero-order chi connectivity index (χ0) is 14.3. The molecule has 5 heteroatoms. The molecule has 0 unspecified atom stereocenters. The normalized spacial score (nSPS) is 9.74. The van der Waals surface area contributed by atoms with Crippen LogP contribution < -0.4 is 10.6 Å². The number of carbonyl (C=O) groups is 1. The number of hydrogen-bond acceptors (Lipinski definition) is 2. The minimum Gasteiger partial charge on any atom is -0.395 e. The third kappa shape index (κ3) is 5.64. The number of aliphatic hydroxyl groups excluding tert-OH is 1. The lowest BCUT2D eigenvalue weighted by molar-refractivity contribution is 0.250. The number of hydrogen-bond donors (Lipinski definition) is 3. The number of halogens is 1. The van der Waals surface area contributed by atoms with E-state index in [0.29, 0.717) is 22.7 Å². The van der Waals surface area contributed by atoms with Crippen LogP contribution in [0.5, 0.6) is 0 Å². The first-order valence-corrected chi connectivity index (χ1v) is 6.37. The second-order valence-electron chi connectivity index (χ2n) is 4.22. The van der Waals surface area contributed by atoms with E-state index in [2.05, 4.69) is 22.5 Å². The summed E-state index contributed by atoms with van der Waals surface area (Å²) in [7, 11) is 0. The first-order chi connectivity index (χ1) is 9.02. The molecule has 2 amide bonds. The third-order valence-corrected chi connectivity index (χ3v) is 2.34. The molecule has 1 aromatic rings. The van der Waals surface area contributed by atoms with Gasteiger partial charge in [0.2, 0.25) is 0 Å². The molecule has 0 heterocycles. The van der Waals surface area contributed by atoms with Gasteiger partial charge in [-0.15, -0.1) is 0 Å². The van der Waals surface area contributed by atoms with Crippen LogP contribution in [0.15, 0.2) is 18.2 Å². The minimum absolute atomic E-state index is 0.0111. The van der Waals surface area contributed by atoms with Gasteiger partial charge in [0.15, 0.2) is 0 Å². The van der Waals surface area contributed by atoms with E-state index in [0.717, 1.165) is 0 Å². The Bertz CT molecular complexity index is 504. The van der Waals surface area contributed by atoms with E-state index in [4.69, 9.17) is 16.7 Å². The van der Waals surface area contributed by atoms with Gasteiger partial charge >= 0.3 is 6.03 Å². The standard InChI is InChI=1S/C14H17ClN2O2/c1-10(2)16-14(19)17-13-9-12(15)7-6-11(13)5-3-4-8-18/h6-7,9-10,18H,4,8H2,1-2H3,(H2,16,17,19). The molecule has 3 N–H and O–H groups in total. The molecule has 19 heavy (non-hydrogen) atoms. The van der Waals surface area contributed by atoms with Crippen molar-refractivity contribution in [2.24, 2.45) is 0 Å². The van der Waals surface area contributed by atoms with Crippen LogP contribution in [0.1, 0.15) is 25.8 Å². The molecule has 0 fully saturated rings. The summed E-state index contributed by atoms with van der Waals surface area (Å²) in [6.45, 7) is 3.76. The van der Waals surface area contributed by atoms with Crippen LogP contribution in [0.4, 0.5) is 10.5 Å². The van der Waals surface area contributed by atoms with Crippen LogP contribution in [0.3, 0.4) is 0 Å². The summed E-state index contributed by atoms with van der Waals surface area (Å²) < 4.78 is 0. The molecule has 0 spiro atoms. The first kappa shape index (κ1) is 15.4. The molecule has 1 aromatic carbocycles. The number of nitrogens with one attached hydrogen (secondary N) is 2. The molecule has 0 radical (unpaired) electrons. The monoisotopic (exact) mass is 280 g/mol. The topological polar surface area (TPSA) is 61.4 Å². The van der Waals surface area contributed by atoms with E-state index < -0.39 is 0 Å². The van der Waals surface area contributed by atoms with E-state index in [1.165, 1.54) is 0 Å². The molecule has 0 atom stereocenters. The van der Waals surface area contributed by atoms with Crippen molar-refractivity contribution in [2.45, 2.75) is 26.3 Å². The number of urea groups is 1. The van der Waals surface area contributed by atoms with Crippen LogP contribution in [-0.2, 0) is 0 Å². The number of anilines is 1. The Hall–Kier alpha value is -1.70. The van der Waals surface area contributed by atoms with Crippen molar-refractivity contribution in [1.82, 2.24) is 5.32 Å². The second kappa shape index (κ2) is 7.67. The summed E-state index contributed by atoms with van der Waals surface area (Å²) in [6, 6.07) is 4.82. The number of carbonyl (C=O) groups excluding carboxylic acids is 1. The van der Waals surface area contributed by atoms with Crippen molar-refractivity contribution < 1.29 is 9.90 Å². The summed E-state index contributed by atoms with van der Waals surface area (Å²) in [5.74, 6) is 5.70. The summed E-state index contributed by atoms with van der Waals surface area (Å²) in [6.07, 6.45) is 0.389. The first-order valence-electron chi connectivity index (χ1n) is 5.99. The van der Waals surface area contributed by atoms with Gasteiger partial charge in [-0.1, -0.05) is 23.4 Å². The van der Waals surface area contributed by atoms with E-state index in [9.17, 15) is 4.79 Å². The van der Waals surface area contributed by atoms with Crippen molar-refractivity contribution in [3.8, 4) is 11.8 Å². The zero-order valence-electron chi connectivity index (χ0n) is 11.0. The predicted octanol–water partition coefficient (Wildman–Crippen LogP) is 2.60. The van der Waals surface area contributed by atoms with Crippen molar-refractivity contribution >= 4 is 23.3 Å². The van der Waals surface area contributed by atoms with Crippen LogP contribution in [0.2, 0.25) is 5.02 Å². The molecule has 0 bridgehead atoms. The van der Waals surface area contributed by atoms with Gasteiger partial charge in [-0.2, -0.15) is 0 Å². The van der Waals surface area contributed by atoms with Crippen LogP contribution in [-0.4, -0.2) is 23.8 Å². The Morgan fingerprint density at radius 3 is 2.84 bits per heavy atom. The summed E-state index contributed by atoms with van der Waals surface area (Å²) >= 11 is 5.91. The van der Waals surface area contributed by atoms with Gasteiger partial charge in [-0.25, -0.2) is 4.79 Å². The van der Waals surface area contributed by atoms with E-state index >= 15 is 0 Å². The van der Waals surface area contributed by atoms with Gasteiger partial charge < -0.3 is 15.7 Å². The highest BCUT2D eigenvalue weighted by molar-refractivity contribution is 6.31. The lowest BCUT2D eigenvalue weighted by Crippen LogP contribution is -2.34. The van der Waals surface area contributed by atoms with E-state index in [1.54, 1.807) is 18.2 Å². The molecule has 0 saturated heterocycles. The fourth-order valence-electron chi connectivity index (χ4n) is 1.36. The number of aliphatic hydroxyl groups is 1. The largest absolute Gasteiger partial charge is 0.395 e. The fourth-order valence-corrected chi connectivity index (χ4v) is 1.54. The van der Waals surface area contributed by atoms with E-state index in [-0.39, 0.29) is 18.7 Å². The maximum Gasteiger partial charge on any atom is 0.319 e. The highest BCUT2D eigenvalue weighted by Crippen LogP contribution is 2.20. The summed E-state index contributed by atoms with van der Waals surface area (Å²) in [4.78, 5) is 11.7. The molecule has 0 aromatic heterocycles. The highest BCUT2D eigenvalue weighted by Gasteiger charge is 2.07. The van der Waals surface area contributed by atoms with Crippen molar-refractivity contribution in [1.29, 1.82) is 0 Å². The molecule has 0 saturated carbocycles. The van der Waals surface area contributed by atoms with E-state index in [1.807, 2.05) is 13.8 Å². The number of benzene rings is 1. The Morgan fingerprint density at radius 1 is 1.47 bits per heavy atom. The van der Waals surface area contributed by atoms with Gasteiger partial charge in [0.25, 0.3) is 0 Å². The zero-order valence-corrected chi connectivity index (χ0v) is 11.7. The molecule has 1 rings (SSSR count). The van der Waals surface area contributed by atoms with Gasteiger partial charge in [-0.05, 0) is 32.0 Å². The second-order valence-corrected chi connectivity index (χ2v) is 4.65. The third-order valence-electron chi connectivity index (χ3n) is 2.11. The number of amides is 2. The smallest absolute Gasteiger partial charge is 0.319 e. The molecule has 4 nitrogen and oxygen atoms in total. The van der Waals surface area contributed by atoms with Crippen LogP contribution in [0.25, 0.3) is 0 Å². The van der Waals surface area contributed by atoms with Gasteiger partial charge in [0, 0.05) is 23.0 Å². The molecular formula is C14H17ClN2O2. The van der Waals surface area contributed by atoms with Crippen molar-refractivity contribution in [3.63, 3.8) is 0 Å². The molecule has 0 aliphatic rings. The van der Waals surface area contributed by atoms with Gasteiger partial charge in [0.1, 0.15) is 0 Å². The minimum atomic E-state index is -0.303. The SMILES string of the molecule is CC(C)NC(=O)Nc1cc(Cl)ccc1C#CCCO. The lowest BCUT2D eigenvalue weighted by Gasteiger charge is -2.11. The molecule has 0 aliphatic heterocycles. The molecule has 102 valence electrons. The summed E-state index contributed by atoms with van der Waals surface area (Å²) in [5.41, 5.74) is 1.22. The Balaban J connectivity index is 2.89. The van der Waals surface area contributed by atoms with Crippen molar-refractivity contribution in [2.75, 3.05) is 11.9 Å². The Labute approximate surface area is 118 Å². The Kier molecular flexibility index (Phi) is 6.20. The number of rotatable bonds is 3. The summed E-state index contributed by atoms with van der Waals surface area (Å²) in [5, 5.41) is 14.7. The maximum absolute atomic E-state index is 11.7. The van der Waals surface area contributed by atoms with Crippen LogP contribution in [0, 0.1) is 11.8 Å². The van der Waals surface area contributed by atoms with Gasteiger partial charge in [0.05, 0.1) is 12.3 Å². The fraction of sp³-hybridized carbons (Fsp3) is 0.357. The Morgan fingerprint density at radius 2 is 2.21 bits per heavy atom. The molecule has 0 aliphatic carbocycles. The lowest BCUT2D eigenvalue weighted by atomic mass is 10.1. The maximum atomic E-state index is 11.7.